The van der Waals surface area contributed by atoms with Crippen molar-refractivity contribution in [3.8, 4) is 16.8 Å². The summed E-state index contributed by atoms with van der Waals surface area (Å²) in [5, 5.41) is 12.5. The first-order valence-corrected chi connectivity index (χ1v) is 15.1. The van der Waals surface area contributed by atoms with Gasteiger partial charge < -0.3 is 8.98 Å². The molecule has 0 fully saturated rings. The van der Waals surface area contributed by atoms with Crippen LogP contribution in [0.25, 0.3) is 92.9 Å². The molecule has 0 aliphatic carbocycles. The first-order chi connectivity index (χ1) is 21.8. The number of benzene rings is 8. The first-order valence-electron chi connectivity index (χ1n) is 15.1. The average Bonchev–Trinajstić information content (AvgIpc) is 3.64. The predicted octanol–water partition coefficient (Wildman–Crippen LogP) is 11.8. The lowest BCUT2D eigenvalue weighted by Gasteiger charge is -2.13. The lowest BCUT2D eigenvalue weighted by Crippen LogP contribution is -1.94. The summed E-state index contributed by atoms with van der Waals surface area (Å²) in [5.41, 5.74) is 7.61. The fourth-order valence-corrected chi connectivity index (χ4v) is 7.41. The van der Waals surface area contributed by atoms with Gasteiger partial charge in [-0.05, 0) is 73.8 Å². The molecule has 0 unspecified atom stereocenters. The van der Waals surface area contributed by atoms with Gasteiger partial charge in [0.1, 0.15) is 5.58 Å². The summed E-state index contributed by atoms with van der Waals surface area (Å²) >= 11 is 0. The molecule has 0 N–H and O–H groups in total. The van der Waals surface area contributed by atoms with E-state index in [-0.39, 0.29) is 0 Å². The maximum absolute atomic E-state index is 6.52. The van der Waals surface area contributed by atoms with Crippen LogP contribution in [-0.4, -0.2) is 4.57 Å². The van der Waals surface area contributed by atoms with Crippen LogP contribution in [0.4, 0.5) is 0 Å². The van der Waals surface area contributed by atoms with Gasteiger partial charge in [0.15, 0.2) is 5.58 Å². The summed E-state index contributed by atoms with van der Waals surface area (Å²) in [4.78, 5) is 0. The van der Waals surface area contributed by atoms with Gasteiger partial charge in [-0.3, -0.25) is 0 Å². The van der Waals surface area contributed by atoms with E-state index in [1.165, 1.54) is 65.3 Å². The van der Waals surface area contributed by atoms with Crippen molar-refractivity contribution in [2.24, 2.45) is 0 Å². The molecule has 204 valence electrons. The fraction of sp³-hybridized carbons (Fsp3) is 0. The van der Waals surface area contributed by atoms with Crippen LogP contribution in [0.3, 0.4) is 0 Å². The molecular weight excluding hydrogens is 534 g/mol. The molecule has 2 heteroatoms. The summed E-state index contributed by atoms with van der Waals surface area (Å²) in [6.45, 7) is 0. The largest absolute Gasteiger partial charge is 0.454 e. The molecule has 2 heterocycles. The molecular formula is C42H25NO. The second-order valence-corrected chi connectivity index (χ2v) is 11.7. The SMILES string of the molecule is c1ccc2c(c1)oc1c(-n3c4ccccc4c4ccc(-c5ccc6c7ccccc7c7ccccc7c6c5)cc43)cccc12. The fourth-order valence-electron chi connectivity index (χ4n) is 7.41. The predicted molar refractivity (Wildman–Crippen MR) is 186 cm³/mol. The van der Waals surface area contributed by atoms with Gasteiger partial charge in [-0.15, -0.1) is 0 Å². The Morgan fingerprint density at radius 3 is 1.61 bits per heavy atom. The number of aromatic nitrogens is 1. The van der Waals surface area contributed by atoms with Crippen molar-refractivity contribution >= 4 is 76.1 Å². The van der Waals surface area contributed by atoms with Crippen molar-refractivity contribution in [2.75, 3.05) is 0 Å². The Kier molecular flexibility index (Phi) is 4.75. The van der Waals surface area contributed by atoms with E-state index < -0.39 is 0 Å². The molecule has 2 nitrogen and oxygen atoms in total. The summed E-state index contributed by atoms with van der Waals surface area (Å²) in [6.07, 6.45) is 0. The van der Waals surface area contributed by atoms with Crippen LogP contribution < -0.4 is 0 Å². The number of fused-ring (bicyclic) bond motifs is 12. The third-order valence-corrected chi connectivity index (χ3v) is 9.38. The molecule has 10 aromatic rings. The number of nitrogens with zero attached hydrogens (tertiary/aromatic N) is 1. The molecule has 0 spiro atoms. The molecule has 0 amide bonds. The summed E-state index contributed by atoms with van der Waals surface area (Å²) in [6, 6.07) is 54.8. The second-order valence-electron chi connectivity index (χ2n) is 11.7. The van der Waals surface area contributed by atoms with Gasteiger partial charge in [-0.2, -0.15) is 0 Å². The maximum Gasteiger partial charge on any atom is 0.159 e. The van der Waals surface area contributed by atoms with Crippen molar-refractivity contribution in [1.29, 1.82) is 0 Å². The molecule has 0 saturated carbocycles. The van der Waals surface area contributed by atoms with Crippen LogP contribution in [0.1, 0.15) is 0 Å². The lowest BCUT2D eigenvalue weighted by atomic mass is 9.92. The van der Waals surface area contributed by atoms with Crippen molar-refractivity contribution in [1.82, 2.24) is 4.57 Å². The van der Waals surface area contributed by atoms with Gasteiger partial charge in [0.2, 0.25) is 0 Å². The third-order valence-electron chi connectivity index (χ3n) is 9.38. The monoisotopic (exact) mass is 559 g/mol. The highest BCUT2D eigenvalue weighted by molar-refractivity contribution is 6.26. The van der Waals surface area contributed by atoms with Gasteiger partial charge in [-0.1, -0.05) is 121 Å². The Balaban J connectivity index is 1.26. The molecule has 44 heavy (non-hydrogen) atoms. The number of hydrogen-bond acceptors (Lipinski definition) is 1. The van der Waals surface area contributed by atoms with E-state index in [2.05, 4.69) is 150 Å². The zero-order valence-corrected chi connectivity index (χ0v) is 23.8. The van der Waals surface area contributed by atoms with Crippen LogP contribution in [0.2, 0.25) is 0 Å². The Morgan fingerprint density at radius 1 is 0.341 bits per heavy atom. The Hall–Kier alpha value is -5.86. The number of rotatable bonds is 2. The molecule has 2 aromatic heterocycles. The quantitative estimate of drug-likeness (QED) is 0.193. The number of para-hydroxylation sites is 3. The number of furan rings is 1. The van der Waals surface area contributed by atoms with Crippen LogP contribution in [0.5, 0.6) is 0 Å². The minimum atomic E-state index is 0.908. The molecule has 0 bridgehead atoms. The van der Waals surface area contributed by atoms with E-state index in [0.29, 0.717) is 0 Å². The van der Waals surface area contributed by atoms with Crippen LogP contribution in [0.15, 0.2) is 156 Å². The smallest absolute Gasteiger partial charge is 0.159 e. The van der Waals surface area contributed by atoms with Gasteiger partial charge in [0.25, 0.3) is 0 Å². The van der Waals surface area contributed by atoms with Gasteiger partial charge in [-0.25, -0.2) is 0 Å². The second kappa shape index (κ2) is 8.82. The van der Waals surface area contributed by atoms with E-state index >= 15 is 0 Å². The number of hydrogen-bond donors (Lipinski definition) is 0. The first kappa shape index (κ1) is 23.7. The Morgan fingerprint density at radius 2 is 0.864 bits per heavy atom. The van der Waals surface area contributed by atoms with Crippen LogP contribution in [0, 0.1) is 0 Å². The Bertz CT molecular complexity index is 2740. The molecule has 10 rings (SSSR count). The normalized spacial score (nSPS) is 12.1. The minimum absolute atomic E-state index is 0.908. The zero-order chi connectivity index (χ0) is 28.8. The summed E-state index contributed by atoms with van der Waals surface area (Å²) in [7, 11) is 0. The van der Waals surface area contributed by atoms with Gasteiger partial charge in [0, 0.05) is 21.5 Å². The minimum Gasteiger partial charge on any atom is -0.454 e. The van der Waals surface area contributed by atoms with Crippen LogP contribution >= 0.6 is 0 Å². The van der Waals surface area contributed by atoms with E-state index in [1.807, 2.05) is 6.07 Å². The molecule has 0 saturated heterocycles. The summed E-state index contributed by atoms with van der Waals surface area (Å²) in [5.74, 6) is 0. The highest BCUT2D eigenvalue weighted by Crippen LogP contribution is 2.41. The van der Waals surface area contributed by atoms with E-state index in [9.17, 15) is 0 Å². The zero-order valence-electron chi connectivity index (χ0n) is 23.8. The summed E-state index contributed by atoms with van der Waals surface area (Å²) < 4.78 is 8.90. The highest BCUT2D eigenvalue weighted by atomic mass is 16.3. The molecule has 0 aliphatic rings. The van der Waals surface area contributed by atoms with E-state index in [1.54, 1.807) is 0 Å². The standard InChI is InChI=1S/C42H25NO/c1-2-12-30-28(10-1)29-11-3-4-13-31(29)37-24-26(20-22-32(30)37)27-21-23-34-33-14-5-7-17-38(33)43(40(34)25-27)39-18-9-16-36-35-15-6-8-19-41(35)44-42(36)39/h1-25H. The maximum atomic E-state index is 6.52. The molecule has 0 atom stereocenters. The van der Waals surface area contributed by atoms with Crippen molar-refractivity contribution in [3.63, 3.8) is 0 Å². The van der Waals surface area contributed by atoms with Crippen LogP contribution in [-0.2, 0) is 0 Å². The molecule has 0 radical (unpaired) electrons. The molecule has 0 aliphatic heterocycles. The van der Waals surface area contributed by atoms with E-state index in [0.717, 1.165) is 27.6 Å². The van der Waals surface area contributed by atoms with Crippen molar-refractivity contribution in [3.05, 3.63) is 152 Å². The van der Waals surface area contributed by atoms with Gasteiger partial charge >= 0.3 is 0 Å². The molecule has 8 aromatic carbocycles. The topological polar surface area (TPSA) is 18.1 Å². The van der Waals surface area contributed by atoms with Gasteiger partial charge in [0.05, 0.1) is 16.7 Å². The Labute approximate surface area is 253 Å². The highest BCUT2D eigenvalue weighted by Gasteiger charge is 2.18. The third kappa shape index (κ3) is 3.20. The lowest BCUT2D eigenvalue weighted by molar-refractivity contribution is 0.666. The van der Waals surface area contributed by atoms with Crippen molar-refractivity contribution in [2.45, 2.75) is 0 Å². The van der Waals surface area contributed by atoms with E-state index in [4.69, 9.17) is 4.42 Å². The van der Waals surface area contributed by atoms with Crippen molar-refractivity contribution < 1.29 is 4.42 Å². The average molecular weight is 560 g/mol.